The molecule has 0 bridgehead atoms. The molecule has 0 spiro atoms. The van der Waals surface area contributed by atoms with Gasteiger partial charge in [0.25, 0.3) is 0 Å². The third-order valence-electron chi connectivity index (χ3n) is 6.29. The summed E-state index contributed by atoms with van der Waals surface area (Å²) in [4.78, 5) is 5.83. The van der Waals surface area contributed by atoms with E-state index in [4.69, 9.17) is 0 Å². The number of para-hydroxylation sites is 2. The van der Waals surface area contributed by atoms with Crippen molar-refractivity contribution in [3.8, 4) is 5.75 Å². The number of hydrogen-bond acceptors (Lipinski definition) is 7. The summed E-state index contributed by atoms with van der Waals surface area (Å²) in [5, 5.41) is 11.5. The third-order valence-corrected chi connectivity index (χ3v) is 8.92. The smallest absolute Gasteiger partial charge is 0.406 e. The zero-order chi connectivity index (χ0) is 26.4. The van der Waals surface area contributed by atoms with Crippen molar-refractivity contribution < 1.29 is 31.4 Å². The predicted octanol–water partition coefficient (Wildman–Crippen LogP) is 4.21. The summed E-state index contributed by atoms with van der Waals surface area (Å²) in [5.41, 5.74) is 1.85. The lowest BCUT2D eigenvalue weighted by Gasteiger charge is -2.47. The molecule has 0 radical (unpaired) electrons. The highest BCUT2D eigenvalue weighted by atomic mass is 32.2. The van der Waals surface area contributed by atoms with Crippen LogP contribution in [-0.2, 0) is 10.0 Å². The first kappa shape index (κ1) is 25.9. The van der Waals surface area contributed by atoms with Crippen LogP contribution in [0.3, 0.4) is 0 Å². The molecule has 1 saturated heterocycles. The second kappa shape index (κ2) is 9.84. The summed E-state index contributed by atoms with van der Waals surface area (Å²) >= 11 is 1.64. The van der Waals surface area contributed by atoms with Gasteiger partial charge in [-0.05, 0) is 55.6 Å². The molecule has 2 N–H and O–H groups in total. The number of alkyl halides is 3. The van der Waals surface area contributed by atoms with E-state index in [-0.39, 0.29) is 11.4 Å². The van der Waals surface area contributed by atoms with Gasteiger partial charge in [0, 0.05) is 22.9 Å². The molecule has 196 valence electrons. The molecule has 3 aromatic carbocycles. The molecule has 0 aromatic heterocycles. The molecule has 2 aliphatic rings. The number of nitrogens with zero attached hydrogens (tertiary/aromatic N) is 2. The molecule has 7 nitrogen and oxygen atoms in total. The van der Waals surface area contributed by atoms with E-state index in [0.29, 0.717) is 6.54 Å². The molecular formula is C25H24F3N3O4S2. The van der Waals surface area contributed by atoms with Gasteiger partial charge in [0.1, 0.15) is 5.75 Å². The Bertz CT molecular complexity index is 1340. The lowest BCUT2D eigenvalue weighted by atomic mass is 9.95. The molecule has 12 heteroatoms. The topological polar surface area (TPSA) is 82.1 Å². The number of rotatable bonds is 5. The van der Waals surface area contributed by atoms with Crippen molar-refractivity contribution in [3.63, 3.8) is 0 Å². The van der Waals surface area contributed by atoms with E-state index >= 15 is 0 Å². The Hall–Kier alpha value is -2.77. The summed E-state index contributed by atoms with van der Waals surface area (Å²) in [6, 6.07) is 18.3. The van der Waals surface area contributed by atoms with Gasteiger partial charge in [-0.2, -0.15) is 0 Å². The molecule has 0 aliphatic carbocycles. The highest BCUT2D eigenvalue weighted by Crippen LogP contribution is 2.49. The first-order valence-electron chi connectivity index (χ1n) is 11.4. The van der Waals surface area contributed by atoms with E-state index in [0.717, 1.165) is 45.4 Å². The molecule has 0 unspecified atom stereocenters. The third kappa shape index (κ3) is 5.43. The molecule has 3 aromatic rings. The van der Waals surface area contributed by atoms with Gasteiger partial charge in [0.15, 0.2) is 0 Å². The molecule has 5 rings (SSSR count). The van der Waals surface area contributed by atoms with Crippen LogP contribution in [0.4, 0.5) is 24.5 Å². The minimum Gasteiger partial charge on any atom is -0.406 e. The average Bonchev–Trinajstić information content (AvgIpc) is 2.84. The predicted molar refractivity (Wildman–Crippen MR) is 134 cm³/mol. The Balaban J connectivity index is 1.42. The van der Waals surface area contributed by atoms with Gasteiger partial charge in [-0.1, -0.05) is 36.0 Å². The van der Waals surface area contributed by atoms with Crippen LogP contribution in [0.25, 0.3) is 0 Å². The highest BCUT2D eigenvalue weighted by molar-refractivity contribution is 7.99. The summed E-state index contributed by atoms with van der Waals surface area (Å²) < 4.78 is 69.9. The van der Waals surface area contributed by atoms with Gasteiger partial charge in [-0.15, -0.1) is 13.2 Å². The number of aliphatic hydroxyl groups is 1. The van der Waals surface area contributed by atoms with Crippen LogP contribution in [0, 0.1) is 0 Å². The largest absolute Gasteiger partial charge is 0.573 e. The number of sulfonamides is 1. The Morgan fingerprint density at radius 3 is 2.08 bits per heavy atom. The standard InChI is InChI=1S/C25H24F3N3O4S2/c1-30-14-18(29-37(33,34)17-12-10-16(11-13-17)35-25(26,27)28)24(32)21(15-30)31-19-6-2-4-8-22(19)36-23-9-5-3-7-20(23)31/h2-13,18,21,24,29,32H,14-15H2,1H3/t18-,21+,24+/m0/s1. The maximum absolute atomic E-state index is 13.1. The van der Waals surface area contributed by atoms with Crippen molar-refractivity contribution >= 4 is 33.2 Å². The van der Waals surface area contributed by atoms with Crippen molar-refractivity contribution in [1.82, 2.24) is 9.62 Å². The fourth-order valence-corrected chi connectivity index (χ4v) is 7.05. The molecule has 0 saturated carbocycles. The molecule has 37 heavy (non-hydrogen) atoms. The number of fused-ring (bicyclic) bond motifs is 2. The van der Waals surface area contributed by atoms with Crippen LogP contribution in [0.15, 0.2) is 87.5 Å². The first-order valence-corrected chi connectivity index (χ1v) is 13.7. The van der Waals surface area contributed by atoms with Gasteiger partial charge < -0.3 is 19.6 Å². The Kier molecular flexibility index (Phi) is 6.88. The molecular weight excluding hydrogens is 527 g/mol. The number of benzene rings is 3. The van der Waals surface area contributed by atoms with E-state index in [1.807, 2.05) is 60.5 Å². The molecule has 2 aliphatic heterocycles. The Morgan fingerprint density at radius 1 is 0.946 bits per heavy atom. The number of likely N-dealkylation sites (tertiary alicyclic amines) is 1. The zero-order valence-corrected chi connectivity index (χ0v) is 21.2. The van der Waals surface area contributed by atoms with Gasteiger partial charge in [0.05, 0.1) is 34.5 Å². The first-order chi connectivity index (χ1) is 17.5. The van der Waals surface area contributed by atoms with E-state index in [9.17, 15) is 26.7 Å². The van der Waals surface area contributed by atoms with Crippen LogP contribution in [0.2, 0.25) is 0 Å². The summed E-state index contributed by atoms with van der Waals surface area (Å²) in [6.07, 6.45) is -5.96. The number of likely N-dealkylation sites (N-methyl/N-ethyl adjacent to an activating group) is 1. The molecule has 3 atom stereocenters. The number of nitrogens with one attached hydrogen (secondary N) is 1. The average molecular weight is 552 g/mol. The highest BCUT2D eigenvalue weighted by Gasteiger charge is 2.42. The maximum atomic E-state index is 13.1. The number of ether oxygens (including phenoxy) is 1. The van der Waals surface area contributed by atoms with Crippen molar-refractivity contribution in [2.24, 2.45) is 0 Å². The van der Waals surface area contributed by atoms with Crippen LogP contribution < -0.4 is 14.4 Å². The Labute approximate surface area is 216 Å². The summed E-state index contributed by atoms with van der Waals surface area (Å²) in [7, 11) is -2.30. The second-order valence-electron chi connectivity index (χ2n) is 8.93. The van der Waals surface area contributed by atoms with Crippen molar-refractivity contribution in [2.75, 3.05) is 25.0 Å². The summed E-state index contributed by atoms with van der Waals surface area (Å²) in [6.45, 7) is 0.730. The van der Waals surface area contributed by atoms with Crippen molar-refractivity contribution in [3.05, 3.63) is 72.8 Å². The Morgan fingerprint density at radius 2 is 1.51 bits per heavy atom. The van der Waals surface area contributed by atoms with E-state index in [2.05, 4.69) is 14.4 Å². The lowest BCUT2D eigenvalue weighted by molar-refractivity contribution is -0.274. The minimum absolute atomic E-state index is 0.232. The van der Waals surface area contributed by atoms with Crippen LogP contribution in [-0.4, -0.2) is 63.1 Å². The number of anilines is 2. The zero-order valence-electron chi connectivity index (χ0n) is 19.6. The van der Waals surface area contributed by atoms with E-state index in [1.54, 1.807) is 11.8 Å². The molecule has 0 amide bonds. The number of halogens is 3. The van der Waals surface area contributed by atoms with E-state index < -0.39 is 40.3 Å². The summed E-state index contributed by atoms with van der Waals surface area (Å²) in [5.74, 6) is -0.524. The fraction of sp³-hybridized carbons (Fsp3) is 0.280. The van der Waals surface area contributed by atoms with E-state index in [1.165, 1.54) is 0 Å². The van der Waals surface area contributed by atoms with Gasteiger partial charge >= 0.3 is 6.36 Å². The monoisotopic (exact) mass is 551 g/mol. The quantitative estimate of drug-likeness (QED) is 0.492. The number of piperidine rings is 1. The normalized spacial score (nSPS) is 22.3. The lowest BCUT2D eigenvalue weighted by Crippen LogP contribution is -2.64. The van der Waals surface area contributed by atoms with Crippen LogP contribution in [0.1, 0.15) is 0 Å². The fourth-order valence-electron chi connectivity index (χ4n) is 4.73. The van der Waals surface area contributed by atoms with Gasteiger partial charge in [-0.25, -0.2) is 13.1 Å². The van der Waals surface area contributed by atoms with Gasteiger partial charge in [-0.3, -0.25) is 0 Å². The maximum Gasteiger partial charge on any atom is 0.573 e. The molecule has 1 fully saturated rings. The number of aliphatic hydroxyl groups excluding tert-OH is 1. The van der Waals surface area contributed by atoms with Crippen molar-refractivity contribution in [1.29, 1.82) is 0 Å². The van der Waals surface area contributed by atoms with Crippen LogP contribution in [0.5, 0.6) is 5.75 Å². The number of hydrogen-bond donors (Lipinski definition) is 2. The van der Waals surface area contributed by atoms with Gasteiger partial charge in [0.2, 0.25) is 10.0 Å². The second-order valence-corrected chi connectivity index (χ2v) is 11.7. The van der Waals surface area contributed by atoms with Crippen LogP contribution >= 0.6 is 11.8 Å². The SMILES string of the molecule is CN1C[C@H](NS(=O)(=O)c2ccc(OC(F)(F)F)cc2)[C@@H](O)[C@H](N2c3ccccc3Sc3ccccc32)C1. The van der Waals surface area contributed by atoms with Crippen molar-refractivity contribution in [2.45, 2.75) is 39.2 Å². The minimum atomic E-state index is -4.88. The molecule has 2 heterocycles.